The smallest absolute Gasteiger partial charge is 0.105 e. The predicted octanol–water partition coefficient (Wildman–Crippen LogP) is 1.39. The molecular weight excluding hydrogens is 138 g/mol. The lowest BCUT2D eigenvalue weighted by Gasteiger charge is -2.10. The molecule has 2 nitrogen and oxygen atoms in total. The first-order valence-electron chi connectivity index (χ1n) is 2.95. The van der Waals surface area contributed by atoms with Crippen molar-refractivity contribution in [1.82, 2.24) is 0 Å². The minimum absolute atomic E-state index is 0. The van der Waals surface area contributed by atoms with Crippen molar-refractivity contribution < 1.29 is 4.74 Å². The van der Waals surface area contributed by atoms with Crippen molar-refractivity contribution in [3.63, 3.8) is 0 Å². The molecule has 0 bridgehead atoms. The maximum atomic E-state index is 5.45. The molecule has 0 aromatic heterocycles. The van der Waals surface area contributed by atoms with E-state index >= 15 is 0 Å². The Morgan fingerprint density at radius 3 is 2.00 bits per heavy atom. The summed E-state index contributed by atoms with van der Waals surface area (Å²) in [6.07, 6.45) is 0.867. The van der Waals surface area contributed by atoms with Gasteiger partial charge in [-0.3, -0.25) is 0 Å². The molecule has 0 rings (SSSR count). The van der Waals surface area contributed by atoms with Crippen molar-refractivity contribution in [2.75, 3.05) is 7.11 Å². The monoisotopic (exact) mass is 153 g/mol. The van der Waals surface area contributed by atoms with Crippen LogP contribution < -0.4 is 5.73 Å². The number of ether oxygens (including phenoxy) is 1. The molecule has 0 saturated heterocycles. The van der Waals surface area contributed by atoms with Gasteiger partial charge in [0.1, 0.15) is 6.23 Å². The lowest BCUT2D eigenvalue weighted by Crippen LogP contribution is -2.23. The number of hydrogen-bond donors (Lipinski definition) is 1. The summed E-state index contributed by atoms with van der Waals surface area (Å²) in [6.45, 7) is 4.25. The van der Waals surface area contributed by atoms with Gasteiger partial charge in [0.25, 0.3) is 0 Å². The van der Waals surface area contributed by atoms with Gasteiger partial charge >= 0.3 is 0 Å². The molecule has 0 aromatic rings. The van der Waals surface area contributed by atoms with Gasteiger partial charge in [0.15, 0.2) is 0 Å². The van der Waals surface area contributed by atoms with E-state index < -0.39 is 0 Å². The largest absolute Gasteiger partial charge is 0.367 e. The van der Waals surface area contributed by atoms with Crippen LogP contribution >= 0.6 is 12.4 Å². The van der Waals surface area contributed by atoms with Crippen molar-refractivity contribution in [3.8, 4) is 0 Å². The highest BCUT2D eigenvalue weighted by atomic mass is 35.5. The van der Waals surface area contributed by atoms with Crippen molar-refractivity contribution in [1.29, 1.82) is 0 Å². The van der Waals surface area contributed by atoms with E-state index in [4.69, 9.17) is 10.5 Å². The summed E-state index contributed by atoms with van der Waals surface area (Å²) >= 11 is 0. The molecule has 1 atom stereocenters. The molecule has 0 saturated carbocycles. The van der Waals surface area contributed by atoms with Gasteiger partial charge in [-0.2, -0.15) is 0 Å². The quantitative estimate of drug-likeness (QED) is 0.622. The van der Waals surface area contributed by atoms with E-state index in [-0.39, 0.29) is 18.6 Å². The van der Waals surface area contributed by atoms with Crippen LogP contribution in [0.3, 0.4) is 0 Å². The lowest BCUT2D eigenvalue weighted by atomic mass is 10.1. The Labute approximate surface area is 63.2 Å². The Kier molecular flexibility index (Phi) is 8.40. The average molecular weight is 154 g/mol. The third kappa shape index (κ3) is 8.21. The van der Waals surface area contributed by atoms with E-state index in [2.05, 4.69) is 13.8 Å². The van der Waals surface area contributed by atoms with Gasteiger partial charge < -0.3 is 10.5 Å². The summed E-state index contributed by atoms with van der Waals surface area (Å²) in [6, 6.07) is 0. The van der Waals surface area contributed by atoms with Crippen LogP contribution in [0.25, 0.3) is 0 Å². The van der Waals surface area contributed by atoms with Gasteiger partial charge in [0, 0.05) is 7.11 Å². The number of rotatable bonds is 3. The second kappa shape index (κ2) is 6.33. The first kappa shape index (κ1) is 11.9. The zero-order valence-corrected chi connectivity index (χ0v) is 7.07. The summed E-state index contributed by atoms with van der Waals surface area (Å²) in [5.41, 5.74) is 5.45. The van der Waals surface area contributed by atoms with E-state index in [9.17, 15) is 0 Å². The Morgan fingerprint density at radius 2 is 1.89 bits per heavy atom. The molecular formula is C6H16ClNO. The summed E-state index contributed by atoms with van der Waals surface area (Å²) in [7, 11) is 1.63. The molecule has 0 aromatic carbocycles. The van der Waals surface area contributed by atoms with Crippen molar-refractivity contribution in [2.45, 2.75) is 26.5 Å². The molecule has 58 valence electrons. The van der Waals surface area contributed by atoms with Gasteiger partial charge in [0.05, 0.1) is 0 Å². The highest BCUT2D eigenvalue weighted by molar-refractivity contribution is 5.85. The second-order valence-corrected chi connectivity index (χ2v) is 2.40. The fourth-order valence-electron chi connectivity index (χ4n) is 0.561. The molecule has 0 aliphatic rings. The summed E-state index contributed by atoms with van der Waals surface area (Å²) in [5, 5.41) is 0. The van der Waals surface area contributed by atoms with Crippen LogP contribution in [0.2, 0.25) is 0 Å². The zero-order chi connectivity index (χ0) is 6.57. The molecule has 2 N–H and O–H groups in total. The van der Waals surface area contributed by atoms with Crippen LogP contribution in [-0.2, 0) is 4.74 Å². The molecule has 1 unspecified atom stereocenters. The third-order valence-corrected chi connectivity index (χ3v) is 1.01. The molecule has 0 heterocycles. The van der Waals surface area contributed by atoms with Gasteiger partial charge in [-0.05, 0) is 12.3 Å². The van der Waals surface area contributed by atoms with Crippen LogP contribution in [0.4, 0.5) is 0 Å². The maximum absolute atomic E-state index is 5.45. The fraction of sp³-hybridized carbons (Fsp3) is 1.00. The highest BCUT2D eigenvalue weighted by Crippen LogP contribution is 2.01. The maximum Gasteiger partial charge on any atom is 0.105 e. The fourth-order valence-corrected chi connectivity index (χ4v) is 0.561. The molecule has 0 aliphatic carbocycles. The van der Waals surface area contributed by atoms with E-state index in [1.54, 1.807) is 7.11 Å². The van der Waals surface area contributed by atoms with Crippen LogP contribution in [0.1, 0.15) is 20.3 Å². The van der Waals surface area contributed by atoms with Gasteiger partial charge in [-0.15, -0.1) is 12.4 Å². The van der Waals surface area contributed by atoms with Gasteiger partial charge in [0.2, 0.25) is 0 Å². The molecule has 0 amide bonds. The van der Waals surface area contributed by atoms with E-state index in [0.717, 1.165) is 6.42 Å². The minimum Gasteiger partial charge on any atom is -0.367 e. The molecule has 3 heteroatoms. The van der Waals surface area contributed by atoms with E-state index in [1.807, 2.05) is 0 Å². The molecule has 0 fully saturated rings. The zero-order valence-electron chi connectivity index (χ0n) is 6.26. The third-order valence-electron chi connectivity index (χ3n) is 1.01. The summed E-state index contributed by atoms with van der Waals surface area (Å²) in [4.78, 5) is 0. The minimum atomic E-state index is -0.0741. The Bertz CT molecular complexity index is 59.0. The lowest BCUT2D eigenvalue weighted by molar-refractivity contribution is 0.0900. The van der Waals surface area contributed by atoms with Crippen LogP contribution in [0.15, 0.2) is 0 Å². The highest BCUT2D eigenvalue weighted by Gasteiger charge is 2.00. The Morgan fingerprint density at radius 1 is 1.44 bits per heavy atom. The number of hydrogen-bond acceptors (Lipinski definition) is 2. The molecule has 0 spiro atoms. The van der Waals surface area contributed by atoms with Crippen molar-refractivity contribution in [3.05, 3.63) is 0 Å². The first-order valence-corrected chi connectivity index (χ1v) is 2.95. The Balaban J connectivity index is 0. The SMILES string of the molecule is COC(N)CC(C)C.Cl. The van der Waals surface area contributed by atoms with Crippen molar-refractivity contribution >= 4 is 12.4 Å². The van der Waals surface area contributed by atoms with Crippen LogP contribution in [-0.4, -0.2) is 13.3 Å². The molecule has 9 heavy (non-hydrogen) atoms. The van der Waals surface area contributed by atoms with Crippen molar-refractivity contribution in [2.24, 2.45) is 11.7 Å². The second-order valence-electron chi connectivity index (χ2n) is 2.40. The average Bonchev–Trinajstić information content (AvgIpc) is 1.65. The Hall–Kier alpha value is 0.210. The normalized spacial score (nSPS) is 13.0. The standard InChI is InChI=1S/C6H15NO.ClH/c1-5(2)4-6(7)8-3;/h5-6H,4,7H2,1-3H3;1H. The van der Waals surface area contributed by atoms with Gasteiger partial charge in [-0.25, -0.2) is 0 Å². The van der Waals surface area contributed by atoms with E-state index in [1.165, 1.54) is 0 Å². The van der Waals surface area contributed by atoms with Crippen LogP contribution in [0, 0.1) is 5.92 Å². The number of methoxy groups -OCH3 is 1. The summed E-state index contributed by atoms with van der Waals surface area (Å²) < 4.78 is 4.84. The van der Waals surface area contributed by atoms with E-state index in [0.29, 0.717) is 5.92 Å². The topological polar surface area (TPSA) is 35.2 Å². The number of nitrogens with two attached hydrogens (primary N) is 1. The molecule has 0 aliphatic heterocycles. The number of halogens is 1. The van der Waals surface area contributed by atoms with Crippen LogP contribution in [0.5, 0.6) is 0 Å². The summed E-state index contributed by atoms with van der Waals surface area (Å²) in [5.74, 6) is 0.630. The first-order chi connectivity index (χ1) is 3.66. The molecule has 0 radical (unpaired) electrons. The van der Waals surface area contributed by atoms with Gasteiger partial charge in [-0.1, -0.05) is 13.8 Å². The predicted molar refractivity (Wildman–Crippen MR) is 41.7 cm³/mol.